The second-order valence-corrected chi connectivity index (χ2v) is 15.8. The van der Waals surface area contributed by atoms with Crippen LogP contribution in [0.3, 0.4) is 0 Å². The van der Waals surface area contributed by atoms with Gasteiger partial charge < -0.3 is 40.0 Å². The van der Waals surface area contributed by atoms with E-state index in [1.54, 1.807) is 0 Å². The highest BCUT2D eigenvalue weighted by atomic mass is 31.2. The Morgan fingerprint density at radius 1 is 0.500 bits per heavy atom. The minimum Gasteiger partial charge on any atom is -0.395 e. The molecule has 0 radical (unpaired) electrons. The molecule has 0 amide bonds. The summed E-state index contributed by atoms with van der Waals surface area (Å²) >= 11 is 0. The number of aliphatic hydroxyl groups excluding tert-OH is 3. The Morgan fingerprint density at radius 3 is 0.870 bits per heavy atom. The molecule has 0 atom stereocenters. The molecule has 0 spiro atoms. The summed E-state index contributed by atoms with van der Waals surface area (Å²) in [5.41, 5.74) is 4.31. The lowest BCUT2D eigenvalue weighted by molar-refractivity contribution is -0.137. The lowest BCUT2D eigenvalue weighted by Crippen LogP contribution is -2.56. The van der Waals surface area contributed by atoms with E-state index in [0.29, 0.717) is 11.8 Å². The SMILES string of the molecule is CC(C)c1cc(C(C)C)c(C(O)(c2c(C(C)C)cc(C(C)C)cc2C(C)C)C(CO)(CO)CO)c(C(C)C)c1.OP(O)OP(O)O. The average Bonchev–Trinajstić information content (AvgIpc) is 2.95. The van der Waals surface area contributed by atoms with E-state index in [1.807, 2.05) is 0 Å². The van der Waals surface area contributed by atoms with Crippen molar-refractivity contribution in [3.05, 3.63) is 68.8 Å². The highest BCUT2D eigenvalue weighted by Gasteiger charge is 2.56. The minimum atomic E-state index is -2.61. The van der Waals surface area contributed by atoms with Gasteiger partial charge in [0.2, 0.25) is 0 Å². The first-order valence-electron chi connectivity index (χ1n) is 16.1. The summed E-state index contributed by atoms with van der Waals surface area (Å²) in [6.07, 6.45) is 0. The van der Waals surface area contributed by atoms with Crippen LogP contribution in [-0.2, 0) is 9.91 Å². The van der Waals surface area contributed by atoms with Crippen LogP contribution >= 0.6 is 17.2 Å². The molecule has 264 valence electrons. The van der Waals surface area contributed by atoms with E-state index in [-0.39, 0.29) is 23.7 Å². The number of hydrogen-bond acceptors (Lipinski definition) is 9. The zero-order chi connectivity index (χ0) is 35.9. The molecule has 0 fully saturated rings. The molecule has 0 saturated heterocycles. The zero-order valence-electron chi connectivity index (χ0n) is 29.8. The van der Waals surface area contributed by atoms with Crippen LogP contribution in [-0.4, -0.2) is 59.8 Å². The molecule has 0 aliphatic rings. The van der Waals surface area contributed by atoms with E-state index in [4.69, 9.17) is 19.6 Å². The number of benzene rings is 2. The normalized spacial score (nSPS) is 13.0. The molecule has 8 N–H and O–H groups in total. The maximum Gasteiger partial charge on any atom is 0.334 e. The summed E-state index contributed by atoms with van der Waals surface area (Å²) in [7, 11) is -5.22. The first-order chi connectivity index (χ1) is 21.2. The second kappa shape index (κ2) is 18.1. The van der Waals surface area contributed by atoms with Gasteiger partial charge in [0.05, 0.1) is 25.2 Å². The fraction of sp³-hybridized carbons (Fsp3) is 0.657. The highest BCUT2D eigenvalue weighted by molar-refractivity contribution is 7.53. The third-order valence-electron chi connectivity index (χ3n) is 8.81. The summed E-state index contributed by atoms with van der Waals surface area (Å²) < 4.78 is 3.60. The Labute approximate surface area is 279 Å². The lowest BCUT2D eigenvalue weighted by Gasteiger charge is -2.49. The molecule has 2 aromatic carbocycles. The van der Waals surface area contributed by atoms with Crippen LogP contribution in [0.2, 0.25) is 0 Å². The summed E-state index contributed by atoms with van der Waals surface area (Å²) in [4.78, 5) is 31.3. The summed E-state index contributed by atoms with van der Waals surface area (Å²) in [6, 6.07) is 8.74. The van der Waals surface area contributed by atoms with Crippen molar-refractivity contribution >= 4 is 17.2 Å². The van der Waals surface area contributed by atoms with Crippen molar-refractivity contribution in [2.24, 2.45) is 5.41 Å². The zero-order valence-corrected chi connectivity index (χ0v) is 31.6. The van der Waals surface area contributed by atoms with Gasteiger partial charge in [-0.25, -0.2) is 4.31 Å². The Morgan fingerprint density at radius 2 is 0.739 bits per heavy atom. The predicted molar refractivity (Wildman–Crippen MR) is 188 cm³/mol. The van der Waals surface area contributed by atoms with Crippen LogP contribution in [0.15, 0.2) is 24.3 Å². The van der Waals surface area contributed by atoms with Gasteiger partial charge in [-0.05, 0) is 80.0 Å². The van der Waals surface area contributed by atoms with Gasteiger partial charge in [-0.1, -0.05) is 107 Å². The Balaban J connectivity index is 0.00000135. The van der Waals surface area contributed by atoms with Gasteiger partial charge >= 0.3 is 17.2 Å². The quantitative estimate of drug-likeness (QED) is 0.0970. The van der Waals surface area contributed by atoms with E-state index < -0.39 is 48.0 Å². The van der Waals surface area contributed by atoms with E-state index >= 15 is 0 Å². The topological polar surface area (TPSA) is 171 Å². The first kappa shape index (κ1) is 43.0. The maximum atomic E-state index is 13.6. The van der Waals surface area contributed by atoms with Crippen molar-refractivity contribution in [3.8, 4) is 0 Å². The maximum absolute atomic E-state index is 13.6. The Hall–Kier alpha value is -1.06. The third kappa shape index (κ3) is 9.55. The van der Waals surface area contributed by atoms with Crippen molar-refractivity contribution in [2.45, 2.75) is 124 Å². The van der Waals surface area contributed by atoms with Gasteiger partial charge in [-0.2, -0.15) is 0 Å². The molecule has 0 aliphatic carbocycles. The molecule has 0 unspecified atom stereocenters. The van der Waals surface area contributed by atoms with Crippen molar-refractivity contribution < 1.29 is 44.3 Å². The lowest BCUT2D eigenvalue weighted by atomic mass is 9.59. The molecule has 0 saturated carbocycles. The first-order valence-corrected chi connectivity index (χ1v) is 18.4. The molecule has 2 aromatic rings. The Kier molecular flexibility index (Phi) is 16.9. The molecule has 2 rings (SSSR count). The molecule has 0 aliphatic heterocycles. The van der Waals surface area contributed by atoms with Crippen molar-refractivity contribution in [3.63, 3.8) is 0 Å². The van der Waals surface area contributed by atoms with Crippen LogP contribution in [0.25, 0.3) is 0 Å². The smallest absolute Gasteiger partial charge is 0.334 e. The fourth-order valence-corrected chi connectivity index (χ4v) is 6.48. The largest absolute Gasteiger partial charge is 0.395 e. The summed E-state index contributed by atoms with van der Waals surface area (Å²) in [5.74, 6) is 0.854. The molecular weight excluding hydrogens is 626 g/mol. The van der Waals surface area contributed by atoms with Gasteiger partial charge in [0.15, 0.2) is 0 Å². The van der Waals surface area contributed by atoms with Gasteiger partial charge in [0, 0.05) is 0 Å². The minimum absolute atomic E-state index is 0.0661. The van der Waals surface area contributed by atoms with E-state index in [0.717, 1.165) is 33.4 Å². The van der Waals surface area contributed by atoms with Crippen LogP contribution in [0, 0.1) is 5.41 Å². The summed E-state index contributed by atoms with van der Waals surface area (Å²) in [5, 5.41) is 46.4. The van der Waals surface area contributed by atoms with Crippen LogP contribution in [0.4, 0.5) is 0 Å². The molecular formula is C35H60O9P2. The number of aliphatic hydroxyl groups is 4. The van der Waals surface area contributed by atoms with E-state index in [9.17, 15) is 20.4 Å². The van der Waals surface area contributed by atoms with Crippen LogP contribution < -0.4 is 0 Å². The van der Waals surface area contributed by atoms with Crippen molar-refractivity contribution in [2.75, 3.05) is 19.8 Å². The third-order valence-corrected chi connectivity index (χ3v) is 9.98. The van der Waals surface area contributed by atoms with Crippen LogP contribution in [0.5, 0.6) is 0 Å². The summed E-state index contributed by atoms with van der Waals surface area (Å²) in [6.45, 7) is 24.0. The molecule has 9 nitrogen and oxygen atoms in total. The fourth-order valence-electron chi connectivity index (χ4n) is 5.96. The second-order valence-electron chi connectivity index (χ2n) is 14.1. The highest BCUT2D eigenvalue weighted by Crippen LogP contribution is 2.54. The standard InChI is InChI=1S/C35H56O4.H4O5P2/c1-20(2)26-13-28(22(5)6)32(29(14-26)23(7)8)35(39,34(17-36,18-37)19-38)33-30(24(9)10)15-27(21(3)4)16-31(33)25(11)12;1-6(2)5-7(3)4/h13-16,20-25,36-39H,17-19H2,1-12H3;1-4H. The number of rotatable bonds is 14. The predicted octanol–water partition coefficient (Wildman–Crippen LogP) is 7.05. The van der Waals surface area contributed by atoms with Crippen molar-refractivity contribution in [1.29, 1.82) is 0 Å². The van der Waals surface area contributed by atoms with Gasteiger partial charge in [-0.15, -0.1) is 0 Å². The van der Waals surface area contributed by atoms with Crippen LogP contribution in [0.1, 0.15) is 163 Å². The van der Waals surface area contributed by atoms with E-state index in [2.05, 4.69) is 112 Å². The Bertz CT molecular complexity index is 1090. The van der Waals surface area contributed by atoms with E-state index in [1.165, 1.54) is 11.1 Å². The molecule has 0 bridgehead atoms. The van der Waals surface area contributed by atoms with Crippen molar-refractivity contribution in [1.82, 2.24) is 0 Å². The van der Waals surface area contributed by atoms with Gasteiger partial charge in [-0.3, -0.25) is 0 Å². The van der Waals surface area contributed by atoms with Gasteiger partial charge in [0.1, 0.15) is 5.60 Å². The molecule has 46 heavy (non-hydrogen) atoms. The van der Waals surface area contributed by atoms with Gasteiger partial charge in [0.25, 0.3) is 0 Å². The molecule has 11 heteroatoms. The average molecular weight is 687 g/mol. The monoisotopic (exact) mass is 686 g/mol. The number of hydrogen-bond donors (Lipinski definition) is 8. The molecule has 0 aromatic heterocycles. The molecule has 0 heterocycles.